The van der Waals surface area contributed by atoms with Crippen molar-refractivity contribution in [3.63, 3.8) is 0 Å². The minimum Gasteiger partial charge on any atom is -0.497 e. The lowest BCUT2D eigenvalue weighted by atomic mass is 10.2. The van der Waals surface area contributed by atoms with Crippen LogP contribution >= 0.6 is 27.7 Å². The molecule has 0 amide bonds. The second-order valence-electron chi connectivity index (χ2n) is 3.82. The highest BCUT2D eigenvalue weighted by Crippen LogP contribution is 2.31. The van der Waals surface area contributed by atoms with Gasteiger partial charge in [0.2, 0.25) is 0 Å². The Morgan fingerprint density at radius 2 is 1.95 bits per heavy atom. The number of hydrogen-bond acceptors (Lipinski definition) is 2. The van der Waals surface area contributed by atoms with E-state index in [1.54, 1.807) is 7.11 Å². The fourth-order valence-electron chi connectivity index (χ4n) is 1.54. The summed E-state index contributed by atoms with van der Waals surface area (Å²) in [6.07, 6.45) is 0. The monoisotopic (exact) mass is 344 g/mol. The van der Waals surface area contributed by atoms with Crippen LogP contribution in [0.15, 0.2) is 45.8 Å². The third-order valence-electron chi connectivity index (χ3n) is 2.53. The van der Waals surface area contributed by atoms with Crippen molar-refractivity contribution in [1.29, 1.82) is 0 Å². The zero-order chi connectivity index (χ0) is 13.8. The molecule has 0 radical (unpaired) electrons. The first-order chi connectivity index (χ1) is 9.10. The van der Waals surface area contributed by atoms with Crippen LogP contribution in [0.4, 0.5) is 8.78 Å². The van der Waals surface area contributed by atoms with Crippen LogP contribution in [0.25, 0.3) is 0 Å². The second kappa shape index (κ2) is 6.39. The van der Waals surface area contributed by atoms with Crippen LogP contribution in [-0.2, 0) is 5.75 Å². The van der Waals surface area contributed by atoms with Crippen molar-refractivity contribution in [3.05, 3.63) is 58.1 Å². The minimum atomic E-state index is -0.565. The zero-order valence-corrected chi connectivity index (χ0v) is 12.5. The molecule has 0 aliphatic rings. The minimum absolute atomic E-state index is 0.427. The predicted octanol–water partition coefficient (Wildman–Crippen LogP) is 5.03. The van der Waals surface area contributed by atoms with E-state index in [4.69, 9.17) is 4.74 Å². The Balaban J connectivity index is 2.14. The number of methoxy groups -OCH3 is 1. The van der Waals surface area contributed by atoms with E-state index in [0.29, 0.717) is 10.6 Å². The van der Waals surface area contributed by atoms with Gasteiger partial charge in [0.05, 0.1) is 7.11 Å². The molecule has 0 fully saturated rings. The van der Waals surface area contributed by atoms with Gasteiger partial charge >= 0.3 is 0 Å². The normalized spacial score (nSPS) is 10.5. The molecule has 100 valence electrons. The maximum atomic E-state index is 13.5. The summed E-state index contributed by atoms with van der Waals surface area (Å²) in [5.74, 6) is 0.215. The van der Waals surface area contributed by atoms with Gasteiger partial charge in [-0.05, 0) is 35.9 Å². The Bertz CT molecular complexity index is 590. The molecule has 0 saturated heterocycles. The van der Waals surface area contributed by atoms with Crippen LogP contribution in [0, 0.1) is 11.6 Å². The molecule has 2 aromatic carbocycles. The first-order valence-electron chi connectivity index (χ1n) is 5.50. The molecule has 2 rings (SSSR count). The molecule has 0 heterocycles. The fourth-order valence-corrected chi connectivity index (χ4v) is 3.02. The Morgan fingerprint density at radius 3 is 2.63 bits per heavy atom. The summed E-state index contributed by atoms with van der Waals surface area (Å²) in [4.78, 5) is 0.427. The van der Waals surface area contributed by atoms with E-state index < -0.39 is 11.6 Å². The average Bonchev–Trinajstić information content (AvgIpc) is 2.39. The molecule has 5 heteroatoms. The largest absolute Gasteiger partial charge is 0.497 e. The lowest BCUT2D eigenvalue weighted by Gasteiger charge is -2.08. The maximum Gasteiger partial charge on any atom is 0.139 e. The van der Waals surface area contributed by atoms with Crippen LogP contribution in [0.3, 0.4) is 0 Å². The number of halogens is 3. The van der Waals surface area contributed by atoms with Crippen LogP contribution in [-0.4, -0.2) is 7.11 Å². The Morgan fingerprint density at radius 1 is 1.16 bits per heavy atom. The number of hydrogen-bond donors (Lipinski definition) is 0. The summed E-state index contributed by atoms with van der Waals surface area (Å²) < 4.78 is 32.4. The quantitative estimate of drug-likeness (QED) is 0.719. The average molecular weight is 345 g/mol. The maximum absolute atomic E-state index is 13.5. The second-order valence-corrected chi connectivity index (χ2v) is 5.69. The summed E-state index contributed by atoms with van der Waals surface area (Å²) in [5, 5.41) is 0. The van der Waals surface area contributed by atoms with Crippen molar-refractivity contribution in [1.82, 2.24) is 0 Å². The van der Waals surface area contributed by atoms with E-state index in [0.717, 1.165) is 21.9 Å². The Kier molecular flexibility index (Phi) is 4.82. The topological polar surface area (TPSA) is 9.23 Å². The first-order valence-corrected chi connectivity index (χ1v) is 7.28. The predicted molar refractivity (Wildman–Crippen MR) is 76.6 cm³/mol. The summed E-state index contributed by atoms with van der Waals surface area (Å²) in [7, 11) is 1.60. The van der Waals surface area contributed by atoms with E-state index in [-0.39, 0.29) is 0 Å². The Hall–Kier alpha value is -1.07. The van der Waals surface area contributed by atoms with Gasteiger partial charge in [0, 0.05) is 21.2 Å². The van der Waals surface area contributed by atoms with Gasteiger partial charge in [-0.2, -0.15) is 0 Å². The van der Waals surface area contributed by atoms with E-state index in [1.165, 1.54) is 23.9 Å². The van der Waals surface area contributed by atoms with E-state index in [9.17, 15) is 8.78 Å². The molecule has 0 aliphatic carbocycles. The molecule has 0 aliphatic heterocycles. The van der Waals surface area contributed by atoms with Crippen molar-refractivity contribution in [2.24, 2.45) is 0 Å². The molecule has 2 aromatic rings. The smallest absolute Gasteiger partial charge is 0.139 e. The van der Waals surface area contributed by atoms with Crippen molar-refractivity contribution in [3.8, 4) is 5.75 Å². The molecular formula is C14H11BrF2OS. The molecule has 0 unspecified atom stereocenters. The van der Waals surface area contributed by atoms with E-state index >= 15 is 0 Å². The summed E-state index contributed by atoms with van der Waals surface area (Å²) >= 11 is 4.76. The Labute approximate surface area is 123 Å². The third kappa shape index (κ3) is 3.70. The van der Waals surface area contributed by atoms with Crippen molar-refractivity contribution < 1.29 is 13.5 Å². The van der Waals surface area contributed by atoms with Gasteiger partial charge in [-0.3, -0.25) is 0 Å². The summed E-state index contributed by atoms with van der Waals surface area (Å²) in [6.45, 7) is 0. The van der Waals surface area contributed by atoms with E-state index in [2.05, 4.69) is 15.9 Å². The van der Waals surface area contributed by atoms with Crippen molar-refractivity contribution in [2.45, 2.75) is 10.6 Å². The highest BCUT2D eigenvalue weighted by atomic mass is 79.9. The highest BCUT2D eigenvalue weighted by Gasteiger charge is 2.07. The summed E-state index contributed by atoms with van der Waals surface area (Å²) in [6, 6.07) is 9.21. The molecule has 0 N–H and O–H groups in total. The van der Waals surface area contributed by atoms with Gasteiger partial charge in [-0.15, -0.1) is 11.8 Å². The van der Waals surface area contributed by atoms with Gasteiger partial charge in [-0.25, -0.2) is 8.78 Å². The lowest BCUT2D eigenvalue weighted by molar-refractivity contribution is 0.414. The van der Waals surface area contributed by atoms with Crippen molar-refractivity contribution >= 4 is 27.7 Å². The standard InChI is InChI=1S/C14H11BrF2OS/c1-18-11-3-4-12(15)9(6-11)8-19-14-5-2-10(16)7-13(14)17/h2-7H,8H2,1H3. The fraction of sp³-hybridized carbons (Fsp3) is 0.143. The van der Waals surface area contributed by atoms with Crippen LogP contribution in [0.2, 0.25) is 0 Å². The molecule has 1 nitrogen and oxygen atoms in total. The van der Waals surface area contributed by atoms with Crippen LogP contribution < -0.4 is 4.74 Å². The van der Waals surface area contributed by atoms with Crippen molar-refractivity contribution in [2.75, 3.05) is 7.11 Å². The molecule has 0 aromatic heterocycles. The zero-order valence-electron chi connectivity index (χ0n) is 10.1. The molecule has 19 heavy (non-hydrogen) atoms. The number of rotatable bonds is 4. The molecule has 0 spiro atoms. The number of benzene rings is 2. The molecule has 0 saturated carbocycles. The molecule has 0 atom stereocenters. The first kappa shape index (κ1) is 14.3. The third-order valence-corrected chi connectivity index (χ3v) is 4.40. The number of thioether (sulfide) groups is 1. The summed E-state index contributed by atoms with van der Waals surface area (Å²) in [5.41, 5.74) is 0.994. The van der Waals surface area contributed by atoms with Crippen LogP contribution in [0.5, 0.6) is 5.75 Å². The van der Waals surface area contributed by atoms with Gasteiger partial charge in [0.1, 0.15) is 17.4 Å². The molecule has 0 bridgehead atoms. The van der Waals surface area contributed by atoms with Gasteiger partial charge in [0.15, 0.2) is 0 Å². The molecular weight excluding hydrogens is 334 g/mol. The number of ether oxygens (including phenoxy) is 1. The lowest BCUT2D eigenvalue weighted by Crippen LogP contribution is -1.89. The SMILES string of the molecule is COc1ccc(Br)c(CSc2ccc(F)cc2F)c1. The van der Waals surface area contributed by atoms with Gasteiger partial charge < -0.3 is 4.74 Å². The van der Waals surface area contributed by atoms with E-state index in [1.807, 2.05) is 18.2 Å². The van der Waals surface area contributed by atoms with Crippen LogP contribution in [0.1, 0.15) is 5.56 Å². The van der Waals surface area contributed by atoms with Gasteiger partial charge in [0.25, 0.3) is 0 Å². The highest BCUT2D eigenvalue weighted by molar-refractivity contribution is 9.10. The van der Waals surface area contributed by atoms with Gasteiger partial charge in [-0.1, -0.05) is 15.9 Å².